The maximum atomic E-state index is 2.47. The van der Waals surface area contributed by atoms with Gasteiger partial charge in [-0.25, -0.2) is 0 Å². The number of aromatic nitrogens is 1. The van der Waals surface area contributed by atoms with E-state index >= 15 is 0 Å². The van der Waals surface area contributed by atoms with E-state index in [1.165, 1.54) is 28.3 Å². The van der Waals surface area contributed by atoms with E-state index in [1.54, 1.807) is 6.56 Å². The minimum atomic E-state index is -0.712. The molecule has 1 nitrogen and oxygen atoms in total. The molecule has 5 rings (SSSR count). The molecule has 26 heavy (non-hydrogen) atoms. The van der Waals surface area contributed by atoms with E-state index in [-0.39, 0.29) is 24.8 Å². The zero-order valence-corrected chi connectivity index (χ0v) is 18.0. The molecule has 2 aromatic carbocycles. The Morgan fingerprint density at radius 1 is 0.885 bits per heavy atom. The molecule has 4 heteroatoms. The van der Waals surface area contributed by atoms with E-state index in [2.05, 4.69) is 89.8 Å². The average Bonchev–Trinajstić information content (AvgIpc) is 3.32. The fraction of sp³-hybridized carbons (Fsp3) is 0.0909. The van der Waals surface area contributed by atoms with Crippen LogP contribution in [0.3, 0.4) is 0 Å². The summed E-state index contributed by atoms with van der Waals surface area (Å²) in [7, 11) is 0. The average molecular weight is 458 g/mol. The van der Waals surface area contributed by atoms with Gasteiger partial charge in [0.1, 0.15) is 0 Å². The molecular formula is C22H17Cl2NZr. The van der Waals surface area contributed by atoms with Crippen LogP contribution < -0.4 is 24.8 Å². The minimum Gasteiger partial charge on any atom is -1.00 e. The second-order valence-corrected chi connectivity index (χ2v) is 10.0. The van der Waals surface area contributed by atoms with Crippen LogP contribution in [0.5, 0.6) is 0 Å². The van der Waals surface area contributed by atoms with Crippen LogP contribution in [-0.4, -0.2) is 4.57 Å². The van der Waals surface area contributed by atoms with E-state index in [4.69, 9.17) is 0 Å². The van der Waals surface area contributed by atoms with Crippen LogP contribution in [0.4, 0.5) is 0 Å². The summed E-state index contributed by atoms with van der Waals surface area (Å²) in [5, 5.41) is 2.65. The molecule has 0 aliphatic heterocycles. The number of nitrogens with zero attached hydrogens (tertiary/aromatic N) is 1. The van der Waals surface area contributed by atoms with Crippen molar-refractivity contribution in [2.45, 2.75) is 12.5 Å². The number of benzene rings is 2. The maximum Gasteiger partial charge on any atom is -1.00 e. The Kier molecular flexibility index (Phi) is 6.07. The second kappa shape index (κ2) is 8.13. The summed E-state index contributed by atoms with van der Waals surface area (Å²) < 4.78 is 5.78. The summed E-state index contributed by atoms with van der Waals surface area (Å²) in [6.45, 7) is 0. The van der Waals surface area contributed by atoms with Crippen molar-refractivity contribution >= 4 is 16.8 Å². The largest absolute Gasteiger partial charge is 1.00 e. The zero-order valence-electron chi connectivity index (χ0n) is 14.1. The molecule has 0 spiro atoms. The minimum absolute atomic E-state index is 0. The van der Waals surface area contributed by atoms with Gasteiger partial charge in [-0.15, -0.1) is 0 Å². The van der Waals surface area contributed by atoms with Crippen LogP contribution in [0.25, 0.3) is 16.8 Å². The Balaban J connectivity index is 0.000000980. The molecule has 0 saturated heterocycles. The number of halogens is 2. The van der Waals surface area contributed by atoms with Crippen LogP contribution in [0.1, 0.15) is 23.6 Å². The topological polar surface area (TPSA) is 4.93 Å². The molecule has 0 N–H and O–H groups in total. The van der Waals surface area contributed by atoms with Gasteiger partial charge in [-0.1, -0.05) is 0 Å². The number of allylic oxidation sites excluding steroid dienone is 5. The van der Waals surface area contributed by atoms with Crippen molar-refractivity contribution in [3.8, 4) is 0 Å². The van der Waals surface area contributed by atoms with Crippen LogP contribution in [0, 0.1) is 0 Å². The van der Waals surface area contributed by atoms with Crippen LogP contribution in [0.2, 0.25) is 0 Å². The molecule has 0 radical (unpaired) electrons. The molecule has 3 aromatic rings. The van der Waals surface area contributed by atoms with Crippen molar-refractivity contribution in [3.63, 3.8) is 0 Å². The standard InChI is InChI=1S/C17H12N.C5H5.2ClH.Zr/c1-2-7-15-12-18(11-14(15)6-1)17-10-9-13-5-3-4-8-16(13)17;1-2-4-5-3-1;;;/h1-9,11-12,17H;1-3H,4H2;2*1H;/q;;;;+2/p-2. The molecule has 2 aliphatic carbocycles. The number of hydrogen-bond acceptors (Lipinski definition) is 0. The number of hydrogen-bond donors (Lipinski definition) is 0. The first-order chi connectivity index (χ1) is 11.9. The number of rotatable bonds is 3. The Bertz CT molecular complexity index is 996. The number of fused-ring (bicyclic) bond motifs is 2. The van der Waals surface area contributed by atoms with Crippen LogP contribution >= 0.6 is 0 Å². The summed E-state index contributed by atoms with van der Waals surface area (Å²) >= 11 is -0.712. The molecule has 1 heterocycles. The molecule has 0 bridgehead atoms. The molecule has 0 saturated carbocycles. The normalized spacial score (nSPS) is 17.0. The molecule has 128 valence electrons. The van der Waals surface area contributed by atoms with Gasteiger partial charge in [-0.2, -0.15) is 0 Å². The first kappa shape index (κ1) is 19.4. The second-order valence-electron chi connectivity index (χ2n) is 6.41. The van der Waals surface area contributed by atoms with E-state index in [1.807, 2.05) is 0 Å². The Labute approximate surface area is 177 Å². The fourth-order valence-corrected chi connectivity index (χ4v) is 7.25. The first-order valence-electron chi connectivity index (χ1n) is 8.38. The van der Waals surface area contributed by atoms with E-state index < -0.39 is 23.2 Å². The molecule has 0 amide bonds. The predicted molar refractivity (Wildman–Crippen MR) is 96.3 cm³/mol. The quantitative estimate of drug-likeness (QED) is 0.501. The molecule has 0 fully saturated rings. The molecule has 2 aliphatic rings. The monoisotopic (exact) mass is 455 g/mol. The van der Waals surface area contributed by atoms with Gasteiger partial charge in [-0.3, -0.25) is 0 Å². The van der Waals surface area contributed by atoms with Gasteiger partial charge in [-0.05, 0) is 0 Å². The summed E-state index contributed by atoms with van der Waals surface area (Å²) in [5.41, 5.74) is 2.86. The summed E-state index contributed by atoms with van der Waals surface area (Å²) in [4.78, 5) is 0. The van der Waals surface area contributed by atoms with Crippen molar-refractivity contribution in [1.29, 1.82) is 0 Å². The summed E-state index contributed by atoms with van der Waals surface area (Å²) in [6.07, 6.45) is 15.1. The van der Waals surface area contributed by atoms with Crippen molar-refractivity contribution in [1.82, 2.24) is 4.57 Å². The Morgan fingerprint density at radius 3 is 2.27 bits per heavy atom. The third-order valence-electron chi connectivity index (χ3n) is 4.84. The van der Waals surface area contributed by atoms with Crippen molar-refractivity contribution in [2.24, 2.45) is 0 Å². The fourth-order valence-electron chi connectivity index (χ4n) is 3.71. The van der Waals surface area contributed by atoms with Gasteiger partial charge in [0, 0.05) is 0 Å². The summed E-state index contributed by atoms with van der Waals surface area (Å²) in [6, 6.07) is 17.9. The Morgan fingerprint density at radius 2 is 1.58 bits per heavy atom. The van der Waals surface area contributed by atoms with Crippen LogP contribution in [-0.2, 0) is 23.2 Å². The van der Waals surface area contributed by atoms with Crippen LogP contribution in [0.15, 0.2) is 85.7 Å². The van der Waals surface area contributed by atoms with Crippen molar-refractivity contribution < 1.29 is 48.0 Å². The van der Waals surface area contributed by atoms with Gasteiger partial charge >= 0.3 is 154 Å². The first-order valence-corrected chi connectivity index (χ1v) is 10.8. The third kappa shape index (κ3) is 3.43. The molecular weight excluding hydrogens is 440 g/mol. The van der Waals surface area contributed by atoms with Gasteiger partial charge in [0.05, 0.1) is 0 Å². The predicted octanol–water partition coefficient (Wildman–Crippen LogP) is -0.480. The molecule has 1 aromatic heterocycles. The van der Waals surface area contributed by atoms with Gasteiger partial charge < -0.3 is 24.8 Å². The van der Waals surface area contributed by atoms with Gasteiger partial charge in [0.2, 0.25) is 0 Å². The van der Waals surface area contributed by atoms with Crippen molar-refractivity contribution in [3.05, 3.63) is 96.8 Å². The van der Waals surface area contributed by atoms with E-state index in [0.717, 1.165) is 0 Å². The Hall–Kier alpha value is -1.34. The summed E-state index contributed by atoms with van der Waals surface area (Å²) in [5.74, 6) is 0. The zero-order chi connectivity index (χ0) is 15.9. The molecule has 1 unspecified atom stereocenters. The van der Waals surface area contributed by atoms with E-state index in [0.29, 0.717) is 6.04 Å². The van der Waals surface area contributed by atoms with Gasteiger partial charge in [0.15, 0.2) is 0 Å². The SMILES string of the molecule is C1=CC[C]([Zr+2][C]2=Cc3ccccc3C2n2cc3ccccc3c2)=C1.[Cl-].[Cl-]. The smallest absolute Gasteiger partial charge is 1.00 e. The van der Waals surface area contributed by atoms with Crippen molar-refractivity contribution in [2.75, 3.05) is 0 Å². The maximum absolute atomic E-state index is 2.47. The van der Waals surface area contributed by atoms with Gasteiger partial charge in [0.25, 0.3) is 0 Å². The molecule has 1 atom stereocenters. The third-order valence-corrected chi connectivity index (χ3v) is 8.28. The van der Waals surface area contributed by atoms with E-state index in [9.17, 15) is 0 Å².